The Hall–Kier alpha value is 1.19. The van der Waals surface area contributed by atoms with Crippen LogP contribution in [0, 0.1) is 0 Å². The van der Waals surface area contributed by atoms with Crippen LogP contribution in [0.1, 0.15) is 6.92 Å². The Balaban J connectivity index is 0. The maximum absolute atomic E-state index is 11.5. The summed E-state index contributed by atoms with van der Waals surface area (Å²) in [5.74, 6) is 0. The molecule has 0 spiro atoms. The predicted octanol–water partition coefficient (Wildman–Crippen LogP) is -1.69. The zero-order valence-electron chi connectivity index (χ0n) is 5.94. The first kappa shape index (κ1) is 13.8. The summed E-state index contributed by atoms with van der Waals surface area (Å²) in [4.78, 5) is 0. The van der Waals surface area contributed by atoms with Gasteiger partial charge in [-0.1, -0.05) is 0 Å². The van der Waals surface area contributed by atoms with E-state index in [1.54, 1.807) is 0 Å². The summed E-state index contributed by atoms with van der Waals surface area (Å²) >= 11 is 0. The van der Waals surface area contributed by atoms with Gasteiger partial charge in [0.1, 0.15) is 0 Å². The Morgan fingerprint density at radius 1 is 1.50 bits per heavy atom. The van der Waals surface area contributed by atoms with Gasteiger partial charge in [0, 0.05) is 6.10 Å². The summed E-state index contributed by atoms with van der Waals surface area (Å²) in [6, 6.07) is 0. The number of halogens is 3. The van der Waals surface area contributed by atoms with Gasteiger partial charge < -0.3 is 18.1 Å². The Kier molecular flexibility index (Phi) is 6.81. The van der Waals surface area contributed by atoms with E-state index in [1.807, 2.05) is 0 Å². The third-order valence-electron chi connectivity index (χ3n) is 0.957. The van der Waals surface area contributed by atoms with Crippen molar-refractivity contribution in [3.8, 4) is 0 Å². The monoisotopic (exact) mass is 178 g/mol. The van der Waals surface area contributed by atoms with Crippen molar-refractivity contribution in [1.82, 2.24) is 0 Å². The molecule has 0 saturated carbocycles. The Morgan fingerprint density at radius 2 is 1.80 bits per heavy atom. The molecule has 0 heterocycles. The van der Waals surface area contributed by atoms with Crippen molar-refractivity contribution in [2.45, 2.75) is 13.0 Å². The summed E-state index contributed by atoms with van der Waals surface area (Å²) in [6.07, 6.45) is -1.48. The van der Waals surface area contributed by atoms with Gasteiger partial charge >= 0.3 is 58.4 Å². The van der Waals surface area contributed by atoms with Crippen LogP contribution in [0.5, 0.6) is 0 Å². The van der Waals surface area contributed by atoms with E-state index in [-0.39, 0.29) is 51.4 Å². The summed E-state index contributed by atoms with van der Waals surface area (Å²) in [7, 11) is 0. The van der Waals surface area contributed by atoms with E-state index in [2.05, 4.69) is 6.58 Å². The van der Waals surface area contributed by atoms with E-state index in [0.717, 1.165) is 6.92 Å². The average Bonchev–Trinajstić information content (AvgIpc) is 1.62. The molecule has 1 atom stereocenters. The molecular weight excluding hydrogens is 171 g/mol. The number of hydrogen-bond donors (Lipinski definition) is 1. The molecule has 0 bridgehead atoms. The molecule has 0 fully saturated rings. The third kappa shape index (κ3) is 4.92. The molecule has 0 radical (unpaired) electrons. The first-order chi connectivity index (χ1) is 3.85. The van der Waals surface area contributed by atoms with E-state index in [0.29, 0.717) is 0 Å². The van der Waals surface area contributed by atoms with Crippen molar-refractivity contribution >= 4 is 6.98 Å². The maximum Gasteiger partial charge on any atom is 1.00 e. The summed E-state index contributed by atoms with van der Waals surface area (Å²) in [5.41, 5.74) is -1.05. The number of rotatable bonds is 2. The minimum absolute atomic E-state index is 0. The molecule has 6 heteroatoms. The molecule has 0 aromatic carbocycles. The first-order valence-corrected chi connectivity index (χ1v) is 2.42. The van der Waals surface area contributed by atoms with Gasteiger partial charge in [-0.15, -0.1) is 12.1 Å². The van der Waals surface area contributed by atoms with Crippen molar-refractivity contribution in [1.29, 1.82) is 0 Å². The van der Waals surface area contributed by atoms with Crippen LogP contribution in [0.3, 0.4) is 0 Å². The van der Waals surface area contributed by atoms with E-state index >= 15 is 0 Å². The van der Waals surface area contributed by atoms with Crippen LogP contribution in [0.25, 0.3) is 0 Å². The molecule has 0 saturated heterocycles. The quantitative estimate of drug-likeness (QED) is 0.500. The van der Waals surface area contributed by atoms with Crippen LogP contribution < -0.4 is 51.4 Å². The van der Waals surface area contributed by atoms with Crippen LogP contribution in [0.15, 0.2) is 12.1 Å². The first-order valence-electron chi connectivity index (χ1n) is 2.42. The normalized spacial score (nSPS) is 13.7. The number of hydrogen-bond acceptors (Lipinski definition) is 1. The fourth-order valence-electron chi connectivity index (χ4n) is 0.273. The zero-order valence-corrected chi connectivity index (χ0v) is 9.07. The van der Waals surface area contributed by atoms with Gasteiger partial charge in [-0.2, -0.15) is 0 Å². The van der Waals surface area contributed by atoms with Crippen LogP contribution in [-0.2, 0) is 0 Å². The second-order valence-electron chi connectivity index (χ2n) is 1.83. The van der Waals surface area contributed by atoms with Crippen molar-refractivity contribution in [3.05, 3.63) is 12.1 Å². The minimum atomic E-state index is -5.05. The number of aliphatic hydroxyl groups excluding tert-OH is 1. The Bertz CT molecular complexity index is 122. The second-order valence-corrected chi connectivity index (χ2v) is 1.83. The molecule has 0 aromatic rings. The molecule has 0 unspecified atom stereocenters. The summed E-state index contributed by atoms with van der Waals surface area (Å²) < 4.78 is 34.5. The van der Waals surface area contributed by atoms with Crippen molar-refractivity contribution in [3.63, 3.8) is 0 Å². The Morgan fingerprint density at radius 3 is 1.80 bits per heavy atom. The second kappa shape index (κ2) is 4.95. The SMILES string of the molecule is C=C([C@H](C)O)[B-](F)(F)F.[K+]. The van der Waals surface area contributed by atoms with Crippen LogP contribution in [0.2, 0.25) is 0 Å². The van der Waals surface area contributed by atoms with Crippen molar-refractivity contribution < 1.29 is 69.4 Å². The van der Waals surface area contributed by atoms with Gasteiger partial charge in [-0.05, 0) is 6.92 Å². The van der Waals surface area contributed by atoms with E-state index in [4.69, 9.17) is 5.11 Å². The molecule has 54 valence electrons. The largest absolute Gasteiger partial charge is 1.00 e. The minimum Gasteiger partial charge on any atom is -0.445 e. The van der Waals surface area contributed by atoms with Gasteiger partial charge in [0.25, 0.3) is 0 Å². The standard InChI is InChI=1S/C4H7BF3O.K/c1-3(4(2)9)5(6,7)8;/h4,9H,1H2,2H3;/q-1;+1/t4-;/m0./s1. The molecule has 10 heavy (non-hydrogen) atoms. The smallest absolute Gasteiger partial charge is 0.445 e. The average molecular weight is 178 g/mol. The zero-order chi connectivity index (χ0) is 7.65. The third-order valence-corrected chi connectivity index (χ3v) is 0.957. The molecule has 0 aromatic heterocycles. The van der Waals surface area contributed by atoms with Crippen molar-refractivity contribution in [2.24, 2.45) is 0 Å². The molecular formula is C4H7BF3KO. The van der Waals surface area contributed by atoms with E-state index < -0.39 is 18.6 Å². The molecule has 0 amide bonds. The predicted molar refractivity (Wildman–Crippen MR) is 29.9 cm³/mol. The number of aliphatic hydroxyl groups is 1. The maximum atomic E-state index is 11.5. The van der Waals surface area contributed by atoms with Gasteiger partial charge in [0.15, 0.2) is 0 Å². The molecule has 0 aliphatic heterocycles. The van der Waals surface area contributed by atoms with Crippen molar-refractivity contribution in [2.75, 3.05) is 0 Å². The van der Waals surface area contributed by atoms with E-state index in [1.165, 1.54) is 0 Å². The van der Waals surface area contributed by atoms with Crippen LogP contribution in [0.4, 0.5) is 12.9 Å². The van der Waals surface area contributed by atoms with E-state index in [9.17, 15) is 12.9 Å². The Labute approximate surface area is 100 Å². The molecule has 0 rings (SSSR count). The van der Waals surface area contributed by atoms with Gasteiger partial charge in [0.05, 0.1) is 0 Å². The molecule has 1 N–H and O–H groups in total. The summed E-state index contributed by atoms with van der Waals surface area (Å²) in [5, 5.41) is 8.35. The van der Waals surface area contributed by atoms with Crippen LogP contribution >= 0.6 is 0 Å². The molecule has 0 aliphatic rings. The van der Waals surface area contributed by atoms with Crippen LogP contribution in [-0.4, -0.2) is 18.2 Å². The topological polar surface area (TPSA) is 20.2 Å². The van der Waals surface area contributed by atoms with Gasteiger partial charge in [-0.3, -0.25) is 0 Å². The molecule has 1 nitrogen and oxygen atoms in total. The summed E-state index contributed by atoms with van der Waals surface area (Å²) in [6.45, 7) is -1.33. The van der Waals surface area contributed by atoms with Gasteiger partial charge in [0.2, 0.25) is 0 Å². The van der Waals surface area contributed by atoms with Gasteiger partial charge in [-0.25, -0.2) is 0 Å². The fraction of sp³-hybridized carbons (Fsp3) is 0.500. The fourth-order valence-corrected chi connectivity index (χ4v) is 0.273. The molecule has 0 aliphatic carbocycles.